The first-order chi connectivity index (χ1) is 13.5. The first-order valence-corrected chi connectivity index (χ1v) is 12.9. The molecule has 4 nitrogen and oxygen atoms in total. The summed E-state index contributed by atoms with van der Waals surface area (Å²) in [5.41, 5.74) is -0.713. The molecule has 0 bridgehead atoms. The summed E-state index contributed by atoms with van der Waals surface area (Å²) in [7, 11) is -3.37. The highest BCUT2D eigenvalue weighted by Crippen LogP contribution is 2.58. The van der Waals surface area contributed by atoms with Gasteiger partial charge in [0.05, 0.1) is 22.4 Å². The second kappa shape index (κ2) is 8.68. The molecule has 0 amide bonds. The normalized spacial score (nSPS) is 31.4. The van der Waals surface area contributed by atoms with Gasteiger partial charge in [-0.25, -0.2) is 8.42 Å². The van der Waals surface area contributed by atoms with Crippen LogP contribution in [0.5, 0.6) is 0 Å². The molecule has 2 saturated carbocycles. The second-order valence-electron chi connectivity index (χ2n) is 10.3. The summed E-state index contributed by atoms with van der Waals surface area (Å²) in [4.78, 5) is 0.399. The van der Waals surface area contributed by atoms with Crippen LogP contribution >= 0.6 is 0 Å². The predicted octanol–water partition coefficient (Wildman–Crippen LogP) is 4.60. The Kier molecular flexibility index (Phi) is 6.82. The van der Waals surface area contributed by atoms with Gasteiger partial charge in [0.25, 0.3) is 0 Å². The lowest BCUT2D eigenvalue weighted by Crippen LogP contribution is -2.43. The highest BCUT2D eigenvalue weighted by Gasteiger charge is 2.53. The Balaban J connectivity index is 1.83. The third kappa shape index (κ3) is 5.23. The highest BCUT2D eigenvalue weighted by molar-refractivity contribution is 7.91. The molecule has 0 aliphatic heterocycles. The molecule has 2 aliphatic carbocycles. The lowest BCUT2D eigenvalue weighted by atomic mass is 9.61. The summed E-state index contributed by atoms with van der Waals surface area (Å²) < 4.78 is 26.4. The maximum atomic E-state index is 13.2. The average Bonchev–Trinajstić information content (AvgIpc) is 2.99. The van der Waals surface area contributed by atoms with E-state index in [1.807, 2.05) is 19.9 Å². The van der Waals surface area contributed by atoms with Crippen molar-refractivity contribution in [1.82, 2.24) is 0 Å². The summed E-state index contributed by atoms with van der Waals surface area (Å²) in [6.07, 6.45) is 7.01. The molecule has 0 spiro atoms. The van der Waals surface area contributed by atoms with Gasteiger partial charge in [-0.1, -0.05) is 38.0 Å². The van der Waals surface area contributed by atoms with Gasteiger partial charge < -0.3 is 10.2 Å². The molecule has 0 saturated heterocycles. The van der Waals surface area contributed by atoms with Crippen molar-refractivity contribution in [2.45, 2.75) is 88.7 Å². The molecule has 0 radical (unpaired) electrons. The number of fused-ring (bicyclic) bond motifs is 1. The van der Waals surface area contributed by atoms with Gasteiger partial charge in [-0.2, -0.15) is 0 Å². The number of rotatable bonds is 8. The van der Waals surface area contributed by atoms with E-state index in [1.165, 1.54) is 0 Å². The van der Waals surface area contributed by atoms with Crippen molar-refractivity contribution in [3.63, 3.8) is 0 Å². The third-order valence-electron chi connectivity index (χ3n) is 7.63. The molecule has 0 heterocycles. The van der Waals surface area contributed by atoms with Crippen LogP contribution in [-0.2, 0) is 9.84 Å². The first-order valence-electron chi connectivity index (χ1n) is 11.2. The van der Waals surface area contributed by atoms with Crippen molar-refractivity contribution < 1.29 is 18.6 Å². The fourth-order valence-corrected chi connectivity index (χ4v) is 7.89. The largest absolute Gasteiger partial charge is 0.393 e. The molecule has 0 aromatic heterocycles. The molecule has 1 aromatic rings. The molecular weight excluding hydrogens is 384 g/mol. The van der Waals surface area contributed by atoms with Gasteiger partial charge in [0.1, 0.15) is 0 Å². The zero-order valence-corrected chi connectivity index (χ0v) is 19.0. The van der Waals surface area contributed by atoms with Crippen LogP contribution in [0.15, 0.2) is 35.2 Å². The van der Waals surface area contributed by atoms with Crippen molar-refractivity contribution in [1.29, 1.82) is 0 Å². The molecule has 3 unspecified atom stereocenters. The summed E-state index contributed by atoms with van der Waals surface area (Å²) in [6.45, 7) is 5.91. The van der Waals surface area contributed by atoms with Crippen LogP contribution in [0.4, 0.5) is 0 Å². The van der Waals surface area contributed by atoms with E-state index in [0.29, 0.717) is 17.2 Å². The van der Waals surface area contributed by atoms with Crippen molar-refractivity contribution in [3.8, 4) is 0 Å². The van der Waals surface area contributed by atoms with Crippen LogP contribution < -0.4 is 0 Å². The van der Waals surface area contributed by atoms with Crippen LogP contribution in [0.3, 0.4) is 0 Å². The Morgan fingerprint density at radius 2 is 1.86 bits per heavy atom. The fourth-order valence-electron chi connectivity index (χ4n) is 6.17. The van der Waals surface area contributed by atoms with E-state index in [1.54, 1.807) is 24.3 Å². The Bertz CT molecular complexity index is 768. The standard InChI is InChI=1S/C24H38O4S/c1-23(2,26)15-7-9-18(17-29(27,28)19-10-5-4-6-11-19)20-13-14-21-22(25)12-8-16-24(20,21)3/h4-6,10-11,18,20-22,25-26H,7-9,12-17H2,1-3H3/t18?,20?,21?,22-,24+/m0/s1. The van der Waals surface area contributed by atoms with Crippen molar-refractivity contribution in [2.24, 2.45) is 23.2 Å². The highest BCUT2D eigenvalue weighted by atomic mass is 32.2. The molecule has 164 valence electrons. The van der Waals surface area contributed by atoms with Crippen molar-refractivity contribution in [3.05, 3.63) is 30.3 Å². The van der Waals surface area contributed by atoms with Gasteiger partial charge in [0, 0.05) is 0 Å². The zero-order valence-electron chi connectivity index (χ0n) is 18.2. The number of hydrogen-bond acceptors (Lipinski definition) is 4. The van der Waals surface area contributed by atoms with Crippen LogP contribution in [0, 0.1) is 23.2 Å². The minimum absolute atomic E-state index is 0.0171. The van der Waals surface area contributed by atoms with E-state index < -0.39 is 15.4 Å². The van der Waals surface area contributed by atoms with Gasteiger partial charge in [-0.3, -0.25) is 0 Å². The quantitative estimate of drug-likeness (QED) is 0.642. The van der Waals surface area contributed by atoms with E-state index in [4.69, 9.17) is 0 Å². The third-order valence-corrected chi connectivity index (χ3v) is 9.49. The predicted molar refractivity (Wildman–Crippen MR) is 116 cm³/mol. The Labute approximate surface area is 176 Å². The Morgan fingerprint density at radius 1 is 1.17 bits per heavy atom. The van der Waals surface area contributed by atoms with Gasteiger partial charge in [0.15, 0.2) is 9.84 Å². The SMILES string of the molecule is CC(C)(O)CCCC(CS(=O)(=O)c1ccccc1)C1CCC2[C@@H](O)CCC[C@]12C. The molecular formula is C24H38O4S. The van der Waals surface area contributed by atoms with E-state index in [-0.39, 0.29) is 29.1 Å². The Hall–Kier alpha value is -0.910. The number of aliphatic hydroxyl groups excluding tert-OH is 1. The number of aliphatic hydroxyl groups is 2. The number of hydrogen-bond donors (Lipinski definition) is 2. The average molecular weight is 423 g/mol. The van der Waals surface area contributed by atoms with Gasteiger partial charge >= 0.3 is 0 Å². The Morgan fingerprint density at radius 3 is 2.52 bits per heavy atom. The molecule has 2 fully saturated rings. The molecule has 2 aliphatic rings. The lowest BCUT2D eigenvalue weighted by molar-refractivity contribution is -0.0279. The minimum atomic E-state index is -3.37. The van der Waals surface area contributed by atoms with Crippen LogP contribution in [0.1, 0.15) is 72.1 Å². The number of benzene rings is 1. The van der Waals surface area contributed by atoms with E-state index >= 15 is 0 Å². The van der Waals surface area contributed by atoms with E-state index in [9.17, 15) is 18.6 Å². The van der Waals surface area contributed by atoms with Crippen LogP contribution in [-0.4, -0.2) is 36.1 Å². The summed E-state index contributed by atoms with van der Waals surface area (Å²) in [5, 5.41) is 20.7. The van der Waals surface area contributed by atoms with Crippen LogP contribution in [0.2, 0.25) is 0 Å². The van der Waals surface area contributed by atoms with Crippen molar-refractivity contribution in [2.75, 3.05) is 5.75 Å². The second-order valence-corrected chi connectivity index (χ2v) is 12.3. The zero-order chi connectivity index (χ0) is 21.3. The summed E-state index contributed by atoms with van der Waals surface area (Å²) in [6, 6.07) is 8.77. The van der Waals surface area contributed by atoms with Crippen molar-refractivity contribution >= 4 is 9.84 Å². The first kappa shape index (κ1) is 22.8. The minimum Gasteiger partial charge on any atom is -0.393 e. The van der Waals surface area contributed by atoms with Gasteiger partial charge in [-0.15, -0.1) is 0 Å². The van der Waals surface area contributed by atoms with Gasteiger partial charge in [-0.05, 0) is 87.7 Å². The lowest BCUT2D eigenvalue weighted by Gasteiger charge is -2.46. The van der Waals surface area contributed by atoms with Crippen LogP contribution in [0.25, 0.3) is 0 Å². The molecule has 1 aromatic carbocycles. The number of sulfone groups is 1. The maximum absolute atomic E-state index is 13.2. The maximum Gasteiger partial charge on any atom is 0.178 e. The van der Waals surface area contributed by atoms with Gasteiger partial charge in [0.2, 0.25) is 0 Å². The topological polar surface area (TPSA) is 74.6 Å². The molecule has 5 heteroatoms. The molecule has 5 atom stereocenters. The summed E-state index contributed by atoms with van der Waals surface area (Å²) in [5.74, 6) is 0.814. The summed E-state index contributed by atoms with van der Waals surface area (Å²) >= 11 is 0. The van der Waals surface area contributed by atoms with E-state index in [2.05, 4.69) is 6.92 Å². The molecule has 3 rings (SSSR count). The monoisotopic (exact) mass is 422 g/mol. The molecule has 2 N–H and O–H groups in total. The smallest absolute Gasteiger partial charge is 0.178 e. The fraction of sp³-hybridized carbons (Fsp3) is 0.750. The van der Waals surface area contributed by atoms with E-state index in [0.717, 1.165) is 44.9 Å². The molecule has 29 heavy (non-hydrogen) atoms.